The molecule has 0 heterocycles. The number of hydrogen-bond acceptors (Lipinski definition) is 3. The fraction of sp³-hybridized carbons (Fsp3) is 0.909. The van der Waals surface area contributed by atoms with Crippen molar-refractivity contribution in [1.29, 1.82) is 0 Å². The van der Waals surface area contributed by atoms with Gasteiger partial charge in [-0.05, 0) is 18.8 Å². The molecule has 0 rings (SSSR count). The number of aliphatic hydroxyl groups is 1. The molecule has 4 N–H and O–H groups in total. The van der Waals surface area contributed by atoms with Crippen LogP contribution in [0, 0.1) is 11.8 Å². The van der Waals surface area contributed by atoms with Crippen LogP contribution in [-0.2, 0) is 4.79 Å². The quantitative estimate of drug-likeness (QED) is 0.580. The van der Waals surface area contributed by atoms with E-state index in [9.17, 15) is 4.79 Å². The van der Waals surface area contributed by atoms with Gasteiger partial charge in [-0.1, -0.05) is 20.8 Å². The molecule has 1 amide bonds. The summed E-state index contributed by atoms with van der Waals surface area (Å²) in [4.78, 5) is 11.7. The smallest absolute Gasteiger partial charge is 0.224 e. The van der Waals surface area contributed by atoms with Crippen LogP contribution in [0.15, 0.2) is 0 Å². The second-order valence-corrected chi connectivity index (χ2v) is 4.36. The first kappa shape index (κ1) is 14.4. The Kier molecular flexibility index (Phi) is 7.34. The van der Waals surface area contributed by atoms with Crippen LogP contribution in [0.25, 0.3) is 0 Å². The first-order chi connectivity index (χ1) is 7.04. The molecule has 0 aromatic carbocycles. The van der Waals surface area contributed by atoms with Crippen LogP contribution >= 0.6 is 0 Å². The van der Waals surface area contributed by atoms with E-state index < -0.39 is 0 Å². The van der Waals surface area contributed by atoms with Gasteiger partial charge in [-0.3, -0.25) is 4.79 Å². The number of rotatable bonds is 7. The van der Waals surface area contributed by atoms with Gasteiger partial charge >= 0.3 is 0 Å². The maximum atomic E-state index is 11.7. The molecular formula is C11H24N2O2. The summed E-state index contributed by atoms with van der Waals surface area (Å²) in [5, 5.41) is 11.9. The Morgan fingerprint density at radius 3 is 2.40 bits per heavy atom. The van der Waals surface area contributed by atoms with Crippen LogP contribution in [0.5, 0.6) is 0 Å². The molecule has 4 heteroatoms. The monoisotopic (exact) mass is 216 g/mol. The Morgan fingerprint density at radius 2 is 2.07 bits per heavy atom. The lowest BCUT2D eigenvalue weighted by Gasteiger charge is -2.21. The lowest BCUT2D eigenvalue weighted by Crippen LogP contribution is -2.43. The molecule has 0 bridgehead atoms. The van der Waals surface area contributed by atoms with Gasteiger partial charge in [-0.25, -0.2) is 0 Å². The molecule has 0 fully saturated rings. The van der Waals surface area contributed by atoms with Crippen molar-refractivity contribution in [3.05, 3.63) is 0 Å². The fourth-order valence-electron chi connectivity index (χ4n) is 1.53. The predicted molar refractivity (Wildman–Crippen MR) is 61.3 cm³/mol. The molecule has 0 saturated carbocycles. The van der Waals surface area contributed by atoms with E-state index in [0.29, 0.717) is 12.5 Å². The highest BCUT2D eigenvalue weighted by molar-refractivity contribution is 5.79. The zero-order chi connectivity index (χ0) is 11.8. The molecule has 2 unspecified atom stereocenters. The molecule has 0 radical (unpaired) electrons. The molecule has 15 heavy (non-hydrogen) atoms. The average molecular weight is 216 g/mol. The lowest BCUT2D eigenvalue weighted by atomic mass is 10.0. The minimum absolute atomic E-state index is 0.00900. The third kappa shape index (κ3) is 5.74. The van der Waals surface area contributed by atoms with E-state index in [1.54, 1.807) is 0 Å². The molecule has 90 valence electrons. The van der Waals surface area contributed by atoms with Gasteiger partial charge in [0.05, 0.1) is 12.6 Å². The number of carbonyl (C=O) groups excluding carboxylic acids is 1. The highest BCUT2D eigenvalue weighted by Gasteiger charge is 2.18. The van der Waals surface area contributed by atoms with Crippen LogP contribution < -0.4 is 11.1 Å². The molecule has 0 aliphatic carbocycles. The van der Waals surface area contributed by atoms with E-state index in [0.717, 1.165) is 12.8 Å². The summed E-state index contributed by atoms with van der Waals surface area (Å²) in [6.07, 6.45) is 1.53. The molecule has 0 aliphatic heterocycles. The van der Waals surface area contributed by atoms with Gasteiger partial charge in [-0.15, -0.1) is 0 Å². The zero-order valence-corrected chi connectivity index (χ0v) is 9.99. The summed E-state index contributed by atoms with van der Waals surface area (Å²) in [5.74, 6) is 0.284. The van der Waals surface area contributed by atoms with Crippen LogP contribution in [-0.4, -0.2) is 30.2 Å². The highest BCUT2D eigenvalue weighted by atomic mass is 16.3. The summed E-state index contributed by atoms with van der Waals surface area (Å²) in [7, 11) is 0. The molecule has 2 atom stereocenters. The van der Waals surface area contributed by atoms with Gasteiger partial charge in [0.25, 0.3) is 0 Å². The minimum Gasteiger partial charge on any atom is -0.394 e. The SMILES string of the molecule is CCC(CN)C(=O)NC(CO)CC(C)C. The van der Waals surface area contributed by atoms with Crippen molar-refractivity contribution < 1.29 is 9.90 Å². The van der Waals surface area contributed by atoms with Crippen LogP contribution in [0.1, 0.15) is 33.6 Å². The van der Waals surface area contributed by atoms with Gasteiger partial charge in [0.1, 0.15) is 0 Å². The number of nitrogens with two attached hydrogens (primary N) is 1. The van der Waals surface area contributed by atoms with Crippen molar-refractivity contribution in [2.24, 2.45) is 17.6 Å². The first-order valence-corrected chi connectivity index (χ1v) is 5.66. The molecule has 0 aromatic heterocycles. The number of aliphatic hydroxyl groups excluding tert-OH is 1. The summed E-state index contributed by atoms with van der Waals surface area (Å²) in [5.41, 5.74) is 5.48. The normalized spacial score (nSPS) is 15.1. The maximum absolute atomic E-state index is 11.7. The predicted octanol–water partition coefficient (Wildman–Crippen LogP) is 0.495. The first-order valence-electron chi connectivity index (χ1n) is 5.66. The van der Waals surface area contributed by atoms with Crippen LogP contribution in [0.4, 0.5) is 0 Å². The summed E-state index contributed by atoms with van der Waals surface area (Å²) >= 11 is 0. The molecular weight excluding hydrogens is 192 g/mol. The summed E-state index contributed by atoms with van der Waals surface area (Å²) in [6, 6.07) is -0.141. The third-order valence-corrected chi connectivity index (χ3v) is 2.47. The van der Waals surface area contributed by atoms with Crippen molar-refractivity contribution in [2.45, 2.75) is 39.7 Å². The van der Waals surface area contributed by atoms with Gasteiger partial charge in [-0.2, -0.15) is 0 Å². The Bertz CT molecular complexity index is 179. The van der Waals surface area contributed by atoms with Crippen molar-refractivity contribution in [2.75, 3.05) is 13.2 Å². The van der Waals surface area contributed by atoms with Crippen molar-refractivity contribution in [1.82, 2.24) is 5.32 Å². The summed E-state index contributed by atoms with van der Waals surface area (Å²) < 4.78 is 0. The van der Waals surface area contributed by atoms with Crippen LogP contribution in [0.2, 0.25) is 0 Å². The van der Waals surface area contributed by atoms with Crippen molar-refractivity contribution >= 4 is 5.91 Å². The van der Waals surface area contributed by atoms with Gasteiger partial charge in [0, 0.05) is 12.5 Å². The van der Waals surface area contributed by atoms with E-state index in [2.05, 4.69) is 19.2 Å². The van der Waals surface area contributed by atoms with E-state index in [1.165, 1.54) is 0 Å². The Balaban J connectivity index is 4.10. The number of amides is 1. The minimum atomic E-state index is -0.141. The summed E-state index contributed by atoms with van der Waals surface area (Å²) in [6.45, 7) is 6.42. The van der Waals surface area contributed by atoms with Crippen LogP contribution in [0.3, 0.4) is 0 Å². The Labute approximate surface area is 92.2 Å². The molecule has 0 aliphatic rings. The second kappa shape index (κ2) is 7.65. The Morgan fingerprint density at radius 1 is 1.47 bits per heavy atom. The zero-order valence-electron chi connectivity index (χ0n) is 9.99. The van der Waals surface area contributed by atoms with E-state index >= 15 is 0 Å². The molecule has 0 aromatic rings. The average Bonchev–Trinajstić information content (AvgIpc) is 2.17. The lowest BCUT2D eigenvalue weighted by molar-refractivity contribution is -0.125. The number of nitrogens with one attached hydrogen (secondary N) is 1. The fourth-order valence-corrected chi connectivity index (χ4v) is 1.53. The van der Waals surface area contributed by atoms with Gasteiger partial charge in [0.2, 0.25) is 5.91 Å². The number of carbonyl (C=O) groups is 1. The van der Waals surface area contributed by atoms with Crippen molar-refractivity contribution in [3.8, 4) is 0 Å². The number of hydrogen-bond donors (Lipinski definition) is 3. The highest BCUT2D eigenvalue weighted by Crippen LogP contribution is 2.06. The Hall–Kier alpha value is -0.610. The molecule has 0 saturated heterocycles. The van der Waals surface area contributed by atoms with E-state index in [4.69, 9.17) is 10.8 Å². The van der Waals surface area contributed by atoms with E-state index in [1.807, 2.05) is 6.92 Å². The van der Waals surface area contributed by atoms with Gasteiger partial charge < -0.3 is 16.2 Å². The largest absolute Gasteiger partial charge is 0.394 e. The molecule has 0 spiro atoms. The topological polar surface area (TPSA) is 75.4 Å². The standard InChI is InChI=1S/C11H24N2O2/c1-4-9(6-12)11(15)13-10(7-14)5-8(2)3/h8-10,14H,4-7,12H2,1-3H3,(H,13,15). The van der Waals surface area contributed by atoms with E-state index in [-0.39, 0.29) is 24.5 Å². The maximum Gasteiger partial charge on any atom is 0.224 e. The third-order valence-electron chi connectivity index (χ3n) is 2.47. The molecule has 4 nitrogen and oxygen atoms in total. The second-order valence-electron chi connectivity index (χ2n) is 4.36. The van der Waals surface area contributed by atoms with Gasteiger partial charge in [0.15, 0.2) is 0 Å². The van der Waals surface area contributed by atoms with Crippen molar-refractivity contribution in [3.63, 3.8) is 0 Å².